The van der Waals surface area contributed by atoms with Gasteiger partial charge in [-0.1, -0.05) is 18.2 Å². The molecule has 0 amide bonds. The number of rotatable bonds is 5. The van der Waals surface area contributed by atoms with E-state index in [1.807, 2.05) is 42.5 Å². The standard InChI is InChI=1S/C21H16F3O3S/c1-26-20(25)15-7-11-18(12-8-15)28(17-5-3-2-4-6-17)19-13-9-16(10-14-19)27-21(22,23)24/h2-14H,1H3/q+1. The van der Waals surface area contributed by atoms with Gasteiger partial charge in [-0.15, -0.1) is 13.2 Å². The first-order valence-corrected chi connectivity index (χ1v) is 9.43. The van der Waals surface area contributed by atoms with E-state index in [4.69, 9.17) is 4.74 Å². The quantitative estimate of drug-likeness (QED) is 0.417. The Morgan fingerprint density at radius 2 is 1.29 bits per heavy atom. The highest BCUT2D eigenvalue weighted by Gasteiger charge is 2.32. The van der Waals surface area contributed by atoms with Crippen LogP contribution in [0.3, 0.4) is 0 Å². The van der Waals surface area contributed by atoms with Gasteiger partial charge in [0, 0.05) is 0 Å². The third-order valence-corrected chi connectivity index (χ3v) is 6.01. The molecule has 144 valence electrons. The Hall–Kier alpha value is -2.93. The molecular weight excluding hydrogens is 389 g/mol. The maximum Gasteiger partial charge on any atom is 0.573 e. The Morgan fingerprint density at radius 1 is 0.786 bits per heavy atom. The highest BCUT2D eigenvalue weighted by atomic mass is 32.2. The molecule has 0 saturated heterocycles. The average Bonchev–Trinajstić information content (AvgIpc) is 2.69. The van der Waals surface area contributed by atoms with Crippen LogP contribution in [-0.2, 0) is 15.6 Å². The molecule has 3 aromatic rings. The number of halogens is 3. The molecule has 3 aromatic carbocycles. The molecule has 0 aliphatic heterocycles. The minimum absolute atomic E-state index is 0.270. The van der Waals surface area contributed by atoms with Gasteiger partial charge in [0.1, 0.15) is 5.75 Å². The first-order valence-electron chi connectivity index (χ1n) is 8.21. The van der Waals surface area contributed by atoms with Crippen molar-refractivity contribution in [1.82, 2.24) is 0 Å². The van der Waals surface area contributed by atoms with Crippen molar-refractivity contribution < 1.29 is 27.4 Å². The van der Waals surface area contributed by atoms with E-state index in [0.717, 1.165) is 14.7 Å². The summed E-state index contributed by atoms with van der Waals surface area (Å²) >= 11 is 0. The van der Waals surface area contributed by atoms with Gasteiger partial charge < -0.3 is 9.47 Å². The summed E-state index contributed by atoms with van der Waals surface area (Å²) in [7, 11) is 0.756. The molecule has 0 spiro atoms. The summed E-state index contributed by atoms with van der Waals surface area (Å²) in [4.78, 5) is 14.4. The van der Waals surface area contributed by atoms with Crippen LogP contribution >= 0.6 is 0 Å². The summed E-state index contributed by atoms with van der Waals surface area (Å²) in [5.41, 5.74) is 0.428. The van der Waals surface area contributed by atoms with E-state index < -0.39 is 23.2 Å². The number of alkyl halides is 3. The summed E-state index contributed by atoms with van der Waals surface area (Å²) in [6.07, 6.45) is -4.73. The van der Waals surface area contributed by atoms with Crippen molar-refractivity contribution in [3.05, 3.63) is 84.4 Å². The van der Waals surface area contributed by atoms with Crippen LogP contribution in [0.5, 0.6) is 5.75 Å². The second-order valence-corrected chi connectivity index (χ2v) is 7.68. The predicted molar refractivity (Wildman–Crippen MR) is 99.5 cm³/mol. The first-order chi connectivity index (χ1) is 13.4. The zero-order valence-corrected chi connectivity index (χ0v) is 15.6. The van der Waals surface area contributed by atoms with E-state index in [1.54, 1.807) is 24.3 Å². The molecule has 1 atom stereocenters. The van der Waals surface area contributed by atoms with E-state index in [0.29, 0.717) is 5.56 Å². The van der Waals surface area contributed by atoms with Crippen molar-refractivity contribution >= 4 is 16.9 Å². The lowest BCUT2D eigenvalue weighted by molar-refractivity contribution is -0.274. The summed E-state index contributed by atoms with van der Waals surface area (Å²) in [5, 5.41) is 0. The van der Waals surface area contributed by atoms with Crippen LogP contribution in [0.1, 0.15) is 10.4 Å². The van der Waals surface area contributed by atoms with E-state index in [1.165, 1.54) is 19.2 Å². The van der Waals surface area contributed by atoms with Gasteiger partial charge in [0.05, 0.1) is 23.6 Å². The van der Waals surface area contributed by atoms with Crippen LogP contribution < -0.4 is 4.74 Å². The summed E-state index contributed by atoms with van der Waals surface area (Å²) in [5.74, 6) is -0.700. The molecule has 3 rings (SSSR count). The van der Waals surface area contributed by atoms with Crippen LogP contribution in [0.2, 0.25) is 0 Å². The van der Waals surface area contributed by atoms with Crippen LogP contribution in [0.25, 0.3) is 0 Å². The maximum atomic E-state index is 12.4. The molecular formula is C21H16F3O3S+. The molecule has 0 radical (unpaired) electrons. The second-order valence-electron chi connectivity index (χ2n) is 5.65. The molecule has 0 aliphatic rings. The van der Waals surface area contributed by atoms with Gasteiger partial charge in [0.25, 0.3) is 0 Å². The van der Waals surface area contributed by atoms with Crippen molar-refractivity contribution in [3.63, 3.8) is 0 Å². The second kappa shape index (κ2) is 8.39. The van der Waals surface area contributed by atoms with Crippen LogP contribution in [0.4, 0.5) is 13.2 Å². The number of methoxy groups -OCH3 is 1. The Morgan fingerprint density at radius 3 is 1.79 bits per heavy atom. The van der Waals surface area contributed by atoms with E-state index >= 15 is 0 Å². The molecule has 0 bridgehead atoms. The van der Waals surface area contributed by atoms with Crippen molar-refractivity contribution in [2.45, 2.75) is 21.0 Å². The Balaban J connectivity index is 1.98. The topological polar surface area (TPSA) is 35.5 Å². The third-order valence-electron chi connectivity index (χ3n) is 3.78. The van der Waals surface area contributed by atoms with E-state index in [-0.39, 0.29) is 5.75 Å². The molecule has 0 N–H and O–H groups in total. The molecule has 28 heavy (non-hydrogen) atoms. The zero-order valence-electron chi connectivity index (χ0n) is 14.8. The summed E-state index contributed by atoms with van der Waals surface area (Å²) in [6.45, 7) is 0. The maximum absolute atomic E-state index is 12.4. The summed E-state index contributed by atoms with van der Waals surface area (Å²) in [6, 6.07) is 22.4. The van der Waals surface area contributed by atoms with Gasteiger partial charge in [0.2, 0.25) is 0 Å². The van der Waals surface area contributed by atoms with Gasteiger partial charge in [-0.3, -0.25) is 0 Å². The molecule has 7 heteroatoms. The lowest BCUT2D eigenvalue weighted by Gasteiger charge is -2.11. The monoisotopic (exact) mass is 405 g/mol. The van der Waals surface area contributed by atoms with Crippen molar-refractivity contribution in [1.29, 1.82) is 0 Å². The van der Waals surface area contributed by atoms with E-state index in [2.05, 4.69) is 4.74 Å². The predicted octanol–water partition coefficient (Wildman–Crippen LogP) is 5.47. The number of ether oxygens (including phenoxy) is 2. The number of hydrogen-bond acceptors (Lipinski definition) is 3. The van der Waals surface area contributed by atoms with Gasteiger partial charge in [0.15, 0.2) is 14.7 Å². The number of hydrogen-bond donors (Lipinski definition) is 0. The normalized spacial score (nSPS) is 12.3. The van der Waals surface area contributed by atoms with Crippen LogP contribution in [0.15, 0.2) is 93.5 Å². The minimum Gasteiger partial charge on any atom is -0.465 e. The Kier molecular flexibility index (Phi) is 5.94. The highest BCUT2D eigenvalue weighted by Crippen LogP contribution is 2.33. The van der Waals surface area contributed by atoms with Crippen molar-refractivity contribution in [3.8, 4) is 5.75 Å². The molecule has 0 aliphatic carbocycles. The van der Waals surface area contributed by atoms with Gasteiger partial charge in [-0.25, -0.2) is 4.79 Å². The number of esters is 1. The van der Waals surface area contributed by atoms with Crippen LogP contribution in [-0.4, -0.2) is 19.4 Å². The molecule has 0 aromatic heterocycles. The average molecular weight is 405 g/mol. The third kappa shape index (κ3) is 4.86. The number of benzene rings is 3. The van der Waals surface area contributed by atoms with Gasteiger partial charge in [-0.05, 0) is 60.7 Å². The smallest absolute Gasteiger partial charge is 0.465 e. The number of carbonyl (C=O) groups excluding carboxylic acids is 1. The Bertz CT molecular complexity index is 924. The van der Waals surface area contributed by atoms with Crippen molar-refractivity contribution in [2.75, 3.05) is 7.11 Å². The number of carbonyl (C=O) groups is 1. The molecule has 0 fully saturated rings. The van der Waals surface area contributed by atoms with E-state index in [9.17, 15) is 18.0 Å². The Labute approximate surface area is 163 Å². The zero-order chi connectivity index (χ0) is 20.1. The molecule has 0 heterocycles. The van der Waals surface area contributed by atoms with Crippen LogP contribution in [0, 0.1) is 0 Å². The molecule has 0 saturated carbocycles. The minimum atomic E-state index is -4.73. The lowest BCUT2D eigenvalue weighted by atomic mass is 10.2. The van der Waals surface area contributed by atoms with Gasteiger partial charge >= 0.3 is 12.3 Å². The highest BCUT2D eigenvalue weighted by molar-refractivity contribution is 7.97. The fraction of sp³-hybridized carbons (Fsp3) is 0.0952. The first kappa shape index (κ1) is 19.8. The van der Waals surface area contributed by atoms with Crippen molar-refractivity contribution in [2.24, 2.45) is 0 Å². The molecule has 1 unspecified atom stereocenters. The fourth-order valence-electron chi connectivity index (χ4n) is 2.59. The molecule has 3 nitrogen and oxygen atoms in total. The largest absolute Gasteiger partial charge is 0.573 e. The van der Waals surface area contributed by atoms with Gasteiger partial charge in [-0.2, -0.15) is 0 Å². The lowest BCUT2D eigenvalue weighted by Crippen LogP contribution is -2.17. The summed E-state index contributed by atoms with van der Waals surface area (Å²) < 4.78 is 45.9. The fourth-order valence-corrected chi connectivity index (χ4v) is 4.65. The SMILES string of the molecule is COC(=O)c1ccc([S+](c2ccccc2)c2ccc(OC(F)(F)F)cc2)cc1.